The zero-order valence-corrected chi connectivity index (χ0v) is 71.5. The van der Waals surface area contributed by atoms with Crippen molar-refractivity contribution in [2.75, 3.05) is 50.8 Å². The Labute approximate surface area is 733 Å². The number of thiol groups is 2. The van der Waals surface area contributed by atoms with Crippen molar-refractivity contribution < 1.29 is 132 Å². The summed E-state index contributed by atoms with van der Waals surface area (Å²) in [7, 11) is 0. The van der Waals surface area contributed by atoms with Gasteiger partial charge >= 0.3 is 23.9 Å². The Morgan fingerprint density at radius 2 is 0.952 bits per heavy atom. The van der Waals surface area contributed by atoms with E-state index in [4.69, 9.17) is 11.5 Å². The first kappa shape index (κ1) is 104. The number of nitrogens with two attached hydrogens (primary N) is 2. The number of hydrogen-bond acceptors (Lipinski definition) is 27. The molecule has 46 nitrogen and oxygen atoms in total. The predicted molar refractivity (Wildman–Crippen MR) is 449 cm³/mol. The van der Waals surface area contributed by atoms with E-state index >= 15 is 0 Å². The van der Waals surface area contributed by atoms with E-state index in [-0.39, 0.29) is 63.8 Å². The van der Waals surface area contributed by atoms with Crippen LogP contribution in [-0.2, 0) is 109 Å². The van der Waals surface area contributed by atoms with Gasteiger partial charge in [-0.3, -0.25) is 91.1 Å². The van der Waals surface area contributed by atoms with Gasteiger partial charge in [-0.25, -0.2) is 4.79 Å². The highest BCUT2D eigenvalue weighted by atomic mass is 32.1. The van der Waals surface area contributed by atoms with Gasteiger partial charge in [-0.2, -0.15) is 25.3 Å². The SMILES string of the molecule is CC(C)[C@H](NC(=O)[C@H](CCC(=O)O)NC(=O)[C@H](C)NC(=O)[C@H](CO)NC(=O)[C@@H](NC(=O)[C@@H]1CCCN1C(=O)[C@H](CC(=O)O)NC(=O)[C@@H]1CCCN1C(=O)[C@H](CS)NC(=O)[C@H](Cc1ccccc1)NC(=O)CNC(=O)[C@H](Cc1c[nH]c2ccccc12)NC(=O)[C@@H](N)CCCCN)[C@@H](C)O)C(=O)NCC(=O)N[C@@H](CS)C(=O)N[C@@H](CC(=O)O)C(=O)N[C@H](C(=O)O)[C@@H](C)O. The minimum Gasteiger partial charge on any atom is -0.481 e. The Morgan fingerprint density at radius 3 is 1.51 bits per heavy atom. The molecular formula is C78H113N19O27S2. The van der Waals surface area contributed by atoms with Crippen LogP contribution in [0.2, 0.25) is 0 Å². The van der Waals surface area contributed by atoms with Crippen LogP contribution in [0.15, 0.2) is 60.8 Å². The Balaban J connectivity index is 1.19. The number of aliphatic hydroxyl groups is 3. The molecule has 0 saturated carbocycles. The molecule has 3 aromatic rings. The van der Waals surface area contributed by atoms with Crippen molar-refractivity contribution in [3.8, 4) is 0 Å². The first-order valence-electron chi connectivity index (χ1n) is 40.4. The van der Waals surface area contributed by atoms with E-state index in [9.17, 15) is 132 Å². The molecule has 2 aromatic carbocycles. The molecule has 0 spiro atoms. The van der Waals surface area contributed by atoms with Gasteiger partial charge in [0.15, 0.2) is 6.04 Å². The van der Waals surface area contributed by atoms with Crippen molar-refractivity contribution in [1.29, 1.82) is 0 Å². The van der Waals surface area contributed by atoms with Crippen molar-refractivity contribution in [3.63, 3.8) is 0 Å². The zero-order valence-electron chi connectivity index (χ0n) is 69.8. The molecule has 2 saturated heterocycles. The molecule has 26 N–H and O–H groups in total. The number of carbonyl (C=O) groups is 20. The number of carboxylic acid groups (broad SMARTS) is 4. The van der Waals surface area contributed by atoms with E-state index in [1.165, 1.54) is 13.8 Å². The lowest BCUT2D eigenvalue weighted by atomic mass is 10.0. The summed E-state index contributed by atoms with van der Waals surface area (Å²) < 4.78 is 0. The van der Waals surface area contributed by atoms with Gasteiger partial charge in [-0.1, -0.05) is 68.8 Å². The minimum absolute atomic E-state index is 0.0146. The number of carbonyl (C=O) groups excluding carboxylic acids is 16. The lowest BCUT2D eigenvalue weighted by molar-refractivity contribution is -0.147. The molecule has 16 amide bonds. The average molecular weight is 1810 g/mol. The van der Waals surface area contributed by atoms with Crippen molar-refractivity contribution in [1.82, 2.24) is 89.2 Å². The fraction of sp³-hybridized carbons (Fsp3) is 0.564. The number of fused-ring (bicyclic) bond motifs is 1. The van der Waals surface area contributed by atoms with E-state index in [2.05, 4.69) is 94.0 Å². The molecule has 0 radical (unpaired) electrons. The summed E-state index contributed by atoms with van der Waals surface area (Å²) in [6, 6.07) is -8.65. The van der Waals surface area contributed by atoms with Crippen LogP contribution in [0.25, 0.3) is 10.9 Å². The molecule has 17 atom stereocenters. The van der Waals surface area contributed by atoms with Crippen LogP contribution < -0.4 is 85.9 Å². The van der Waals surface area contributed by atoms with Gasteiger partial charge in [-0.05, 0) is 95.4 Å². The highest BCUT2D eigenvalue weighted by Gasteiger charge is 2.45. The molecule has 0 aliphatic carbocycles. The molecule has 126 heavy (non-hydrogen) atoms. The molecule has 694 valence electrons. The van der Waals surface area contributed by atoms with Crippen LogP contribution in [0.1, 0.15) is 116 Å². The molecule has 0 bridgehead atoms. The molecule has 0 unspecified atom stereocenters. The standard InChI is InChI=1S/C78H113N19O27S2/c1-37(2)61(74(119)83-33-57(102)86-52(35-125)71(116)89-49(29-59(105)106)69(114)95-63(40(5)100)78(123)124)93-67(112)46(22-23-58(103)104)87-64(109)38(3)84-70(115)51(34-98)91-75(120)62(39(4)99)94-73(118)55-21-14-25-96(55)76(121)50(30-60(107)108)90-72(117)54-20-13-26-97(54)77(122)53(36-126)92-68(113)47(27-41-15-7-6-8-16-41)85-56(101)32-82-66(111)48(88-65(110)44(80)18-11-12-24-79)28-42-31-81-45-19-10-9-17-43(42)45/h6-10,15-17,19,31,37-40,44,46-55,61-63,81,98-100,125-126H,11-14,18,20-30,32-36,79-80H2,1-5H3,(H,82,111)(H,83,119)(H,84,115)(H,85,101)(H,86,102)(H,87,109)(H,88,110)(H,89,116)(H,90,117)(H,91,120)(H,92,113)(H,93,112)(H,94,118)(H,95,114)(H,103,104)(H,105,106)(H,107,108)(H,123,124)/t38-,39+,40+,44-,46-,47-,48-,49-,50-,51-,52-,53-,54-,55-,61-,62-,63-/m0/s1. The number of aromatic nitrogens is 1. The van der Waals surface area contributed by atoms with Crippen molar-refractivity contribution in [2.45, 2.75) is 221 Å². The Kier molecular flexibility index (Phi) is 42.6. The van der Waals surface area contributed by atoms with Crippen LogP contribution in [0, 0.1) is 5.92 Å². The van der Waals surface area contributed by atoms with Crippen molar-refractivity contribution in [3.05, 3.63) is 71.9 Å². The fourth-order valence-electron chi connectivity index (χ4n) is 13.5. The number of likely N-dealkylation sites (tertiary alicyclic amines) is 2. The van der Waals surface area contributed by atoms with Crippen LogP contribution in [0.3, 0.4) is 0 Å². The normalized spacial score (nSPS) is 17.2. The highest BCUT2D eigenvalue weighted by molar-refractivity contribution is 7.80. The maximum atomic E-state index is 14.5. The van der Waals surface area contributed by atoms with E-state index in [1.807, 2.05) is 28.8 Å². The van der Waals surface area contributed by atoms with Crippen LogP contribution in [0.5, 0.6) is 0 Å². The number of para-hydroxylation sites is 1. The largest absolute Gasteiger partial charge is 0.481 e. The average Bonchev–Trinajstić information content (AvgIpc) is 1.65. The summed E-state index contributed by atoms with van der Waals surface area (Å²) in [5.74, 6) is -24.8. The Hall–Kier alpha value is -12.1. The first-order chi connectivity index (χ1) is 59.5. The number of amides is 16. The third kappa shape index (κ3) is 32.5. The van der Waals surface area contributed by atoms with Gasteiger partial charge in [-0.15, -0.1) is 0 Å². The van der Waals surface area contributed by atoms with E-state index in [1.54, 1.807) is 42.6 Å². The summed E-state index contributed by atoms with van der Waals surface area (Å²) >= 11 is 8.35. The summed E-state index contributed by atoms with van der Waals surface area (Å²) in [5.41, 5.74) is 13.8. The van der Waals surface area contributed by atoms with Crippen molar-refractivity contribution >= 4 is 155 Å². The summed E-state index contributed by atoms with van der Waals surface area (Å²) in [5, 5.41) is 102. The van der Waals surface area contributed by atoms with Gasteiger partial charge in [0.2, 0.25) is 94.5 Å². The quantitative estimate of drug-likeness (QED) is 0.0184. The smallest absolute Gasteiger partial charge is 0.328 e. The van der Waals surface area contributed by atoms with Gasteiger partial charge in [0.05, 0.1) is 50.8 Å². The Morgan fingerprint density at radius 1 is 0.468 bits per heavy atom. The predicted octanol–water partition coefficient (Wildman–Crippen LogP) is -8.37. The van der Waals surface area contributed by atoms with E-state index < -0.39 is 278 Å². The maximum absolute atomic E-state index is 14.5. The third-order valence-corrected chi connectivity index (χ3v) is 21.1. The number of aliphatic carboxylic acids is 4. The molecule has 5 rings (SSSR count). The molecule has 48 heteroatoms. The number of nitrogens with one attached hydrogen (secondary N) is 15. The number of hydrogen-bond donors (Lipinski definition) is 26. The Bertz CT molecular complexity index is 4390. The molecule has 2 aliphatic heterocycles. The second-order valence-corrected chi connectivity index (χ2v) is 31.2. The number of nitrogens with zero attached hydrogens (tertiary/aromatic N) is 2. The number of H-pyrrole nitrogens is 1. The molecule has 2 fully saturated rings. The third-order valence-electron chi connectivity index (χ3n) is 20.3. The lowest BCUT2D eigenvalue weighted by Crippen LogP contribution is -2.62. The van der Waals surface area contributed by atoms with Gasteiger partial charge < -0.3 is 136 Å². The zero-order chi connectivity index (χ0) is 93.9. The minimum atomic E-state index is -1.98. The first-order valence-corrected chi connectivity index (χ1v) is 41.7. The molecule has 2 aliphatic rings. The fourth-order valence-corrected chi connectivity index (χ4v) is 14.0. The summed E-state index contributed by atoms with van der Waals surface area (Å²) in [6.07, 6.45) is -3.92. The monoisotopic (exact) mass is 1810 g/mol. The number of aliphatic hydroxyl groups excluding tert-OH is 3. The summed E-state index contributed by atoms with van der Waals surface area (Å²) in [4.78, 5) is 273. The van der Waals surface area contributed by atoms with Crippen molar-refractivity contribution in [2.24, 2.45) is 17.4 Å². The molecular weight excluding hydrogens is 1700 g/mol. The van der Waals surface area contributed by atoms with Crippen LogP contribution in [-0.4, -0.2) is 323 Å². The number of aromatic amines is 1. The van der Waals surface area contributed by atoms with Gasteiger partial charge in [0, 0.05) is 61.0 Å². The number of unbranched alkanes of at least 4 members (excludes halogenated alkanes) is 1. The molecule has 1 aromatic heterocycles. The highest BCUT2D eigenvalue weighted by Crippen LogP contribution is 2.24. The van der Waals surface area contributed by atoms with E-state index in [0.717, 1.165) is 41.5 Å². The van der Waals surface area contributed by atoms with Crippen LogP contribution >= 0.6 is 25.3 Å². The lowest BCUT2D eigenvalue weighted by Gasteiger charge is -2.32. The van der Waals surface area contributed by atoms with Crippen LogP contribution in [0.4, 0.5) is 0 Å². The van der Waals surface area contributed by atoms with Gasteiger partial charge in [0.25, 0.3) is 0 Å². The topological polar surface area (TPSA) is 726 Å². The number of rotatable bonds is 52. The summed E-state index contributed by atoms with van der Waals surface area (Å²) in [6.45, 7) is 3.26. The van der Waals surface area contributed by atoms with Gasteiger partial charge in [0.1, 0.15) is 78.5 Å². The maximum Gasteiger partial charge on any atom is 0.328 e. The second-order valence-electron chi connectivity index (χ2n) is 30.5. The second kappa shape index (κ2) is 51.3. The van der Waals surface area contributed by atoms with E-state index in [0.29, 0.717) is 30.5 Å². The number of carboxylic acids is 4. The molecule has 3 heterocycles. The number of benzene rings is 2.